The van der Waals surface area contributed by atoms with Crippen molar-refractivity contribution >= 4 is 12.0 Å². The van der Waals surface area contributed by atoms with E-state index >= 15 is 0 Å². The van der Waals surface area contributed by atoms with Gasteiger partial charge >= 0.3 is 12.0 Å². The van der Waals surface area contributed by atoms with Gasteiger partial charge in [-0.1, -0.05) is 12.1 Å². The summed E-state index contributed by atoms with van der Waals surface area (Å²) in [6.07, 6.45) is 2.28. The SMILES string of the molecule is COc1ccc(C2NC(=O)N(CC3CC3)C3=C2C(=O)OC3)cc1. The fourth-order valence-electron chi connectivity index (χ4n) is 3.11. The number of hydrogen-bond donors (Lipinski definition) is 1. The minimum absolute atomic E-state index is 0.158. The third kappa shape index (κ3) is 2.44. The number of nitrogens with zero attached hydrogens (tertiary/aromatic N) is 1. The number of benzene rings is 1. The molecular formula is C17H18N2O4. The van der Waals surface area contributed by atoms with Gasteiger partial charge in [0.25, 0.3) is 0 Å². The Morgan fingerprint density at radius 3 is 2.65 bits per heavy atom. The van der Waals surface area contributed by atoms with E-state index in [1.165, 1.54) is 0 Å². The molecule has 3 aliphatic rings. The lowest BCUT2D eigenvalue weighted by molar-refractivity contribution is -0.136. The van der Waals surface area contributed by atoms with Crippen molar-refractivity contribution in [1.82, 2.24) is 10.2 Å². The van der Waals surface area contributed by atoms with Crippen LogP contribution in [0.1, 0.15) is 24.4 Å². The second-order valence-corrected chi connectivity index (χ2v) is 6.15. The largest absolute Gasteiger partial charge is 0.497 e. The molecule has 2 aliphatic heterocycles. The summed E-state index contributed by atoms with van der Waals surface area (Å²) < 4.78 is 10.4. The summed E-state index contributed by atoms with van der Waals surface area (Å²) in [5.41, 5.74) is 2.11. The number of urea groups is 1. The van der Waals surface area contributed by atoms with Gasteiger partial charge in [-0.3, -0.25) is 4.90 Å². The molecule has 0 radical (unpaired) electrons. The minimum Gasteiger partial charge on any atom is -0.497 e. The number of carbonyl (C=O) groups excluding carboxylic acids is 2. The Morgan fingerprint density at radius 2 is 2.00 bits per heavy atom. The van der Waals surface area contributed by atoms with Crippen LogP contribution in [0.2, 0.25) is 0 Å². The lowest BCUT2D eigenvalue weighted by Crippen LogP contribution is -2.47. The molecule has 1 aliphatic carbocycles. The van der Waals surface area contributed by atoms with Gasteiger partial charge in [-0.05, 0) is 36.5 Å². The molecule has 1 fully saturated rings. The topological polar surface area (TPSA) is 67.9 Å². The zero-order valence-electron chi connectivity index (χ0n) is 12.9. The first-order valence-corrected chi connectivity index (χ1v) is 7.79. The molecule has 1 atom stereocenters. The van der Waals surface area contributed by atoms with Crippen molar-refractivity contribution in [3.63, 3.8) is 0 Å². The molecular weight excluding hydrogens is 296 g/mol. The number of amides is 2. The average Bonchev–Trinajstić information content (AvgIpc) is 3.31. The monoisotopic (exact) mass is 314 g/mol. The van der Waals surface area contributed by atoms with Crippen molar-refractivity contribution in [2.45, 2.75) is 18.9 Å². The van der Waals surface area contributed by atoms with Crippen LogP contribution in [0.4, 0.5) is 4.79 Å². The van der Waals surface area contributed by atoms with E-state index < -0.39 is 6.04 Å². The summed E-state index contributed by atoms with van der Waals surface area (Å²) in [5, 5.41) is 2.94. The van der Waals surface area contributed by atoms with Crippen molar-refractivity contribution < 1.29 is 19.1 Å². The number of cyclic esters (lactones) is 1. The third-order valence-corrected chi connectivity index (χ3v) is 4.59. The molecule has 6 nitrogen and oxygen atoms in total. The Kier molecular flexibility index (Phi) is 3.25. The number of carbonyl (C=O) groups is 2. The van der Waals surface area contributed by atoms with Crippen LogP contribution < -0.4 is 10.1 Å². The van der Waals surface area contributed by atoms with Gasteiger partial charge in [0.15, 0.2) is 0 Å². The summed E-state index contributed by atoms with van der Waals surface area (Å²) in [4.78, 5) is 26.4. The number of nitrogens with one attached hydrogen (secondary N) is 1. The van der Waals surface area contributed by atoms with Crippen molar-refractivity contribution in [3.8, 4) is 5.75 Å². The van der Waals surface area contributed by atoms with E-state index in [-0.39, 0.29) is 18.6 Å². The smallest absolute Gasteiger partial charge is 0.338 e. The lowest BCUT2D eigenvalue weighted by atomic mass is 9.95. The standard InChI is InChI=1S/C17H18N2O4/c1-22-12-6-4-11(5-7-12)15-14-13(9-23-16(14)20)19(17(21)18-15)8-10-2-3-10/h4-7,10,15H,2-3,8-9H2,1H3,(H,18,21). The Bertz CT molecular complexity index is 691. The Labute approximate surface area is 134 Å². The Hall–Kier alpha value is -2.50. The van der Waals surface area contributed by atoms with E-state index in [0.29, 0.717) is 23.7 Å². The maximum Gasteiger partial charge on any atom is 0.338 e. The lowest BCUT2D eigenvalue weighted by Gasteiger charge is -2.33. The molecule has 1 saturated carbocycles. The molecule has 4 rings (SSSR count). The quantitative estimate of drug-likeness (QED) is 0.863. The normalized spacial score (nSPS) is 23.5. The number of hydrogen-bond acceptors (Lipinski definition) is 4. The van der Waals surface area contributed by atoms with Crippen LogP contribution in [0.15, 0.2) is 35.5 Å². The van der Waals surface area contributed by atoms with Crippen molar-refractivity contribution in [3.05, 3.63) is 41.1 Å². The highest BCUT2D eigenvalue weighted by atomic mass is 16.5. The number of esters is 1. The first-order chi connectivity index (χ1) is 11.2. The molecule has 23 heavy (non-hydrogen) atoms. The van der Waals surface area contributed by atoms with E-state index in [4.69, 9.17) is 9.47 Å². The summed E-state index contributed by atoms with van der Waals surface area (Å²) in [5.74, 6) is 0.929. The van der Waals surface area contributed by atoms with E-state index in [2.05, 4.69) is 5.32 Å². The Morgan fingerprint density at radius 1 is 1.26 bits per heavy atom. The third-order valence-electron chi connectivity index (χ3n) is 4.59. The molecule has 1 unspecified atom stereocenters. The zero-order valence-corrected chi connectivity index (χ0v) is 12.9. The van der Waals surface area contributed by atoms with Gasteiger partial charge in [0, 0.05) is 6.54 Å². The van der Waals surface area contributed by atoms with Gasteiger partial charge in [-0.15, -0.1) is 0 Å². The van der Waals surface area contributed by atoms with Crippen LogP contribution in [-0.2, 0) is 9.53 Å². The Balaban J connectivity index is 1.70. The van der Waals surface area contributed by atoms with Crippen LogP contribution in [0, 0.1) is 5.92 Å². The summed E-state index contributed by atoms with van der Waals surface area (Å²) in [7, 11) is 1.60. The second-order valence-electron chi connectivity index (χ2n) is 6.15. The van der Waals surface area contributed by atoms with Crippen LogP contribution in [0.5, 0.6) is 5.75 Å². The van der Waals surface area contributed by atoms with Crippen LogP contribution in [0.25, 0.3) is 0 Å². The minimum atomic E-state index is -0.464. The maximum atomic E-state index is 12.5. The molecule has 0 spiro atoms. The van der Waals surface area contributed by atoms with E-state index in [9.17, 15) is 9.59 Å². The van der Waals surface area contributed by atoms with Gasteiger partial charge in [0.2, 0.25) is 0 Å². The fourth-order valence-corrected chi connectivity index (χ4v) is 3.11. The predicted molar refractivity (Wildman–Crippen MR) is 81.7 cm³/mol. The van der Waals surface area contributed by atoms with Crippen LogP contribution in [0.3, 0.4) is 0 Å². The highest BCUT2D eigenvalue weighted by Crippen LogP contribution is 2.38. The summed E-state index contributed by atoms with van der Waals surface area (Å²) in [6, 6.07) is 6.73. The van der Waals surface area contributed by atoms with Crippen molar-refractivity contribution in [1.29, 1.82) is 0 Å². The summed E-state index contributed by atoms with van der Waals surface area (Å²) in [6.45, 7) is 0.845. The first-order valence-electron chi connectivity index (χ1n) is 7.79. The van der Waals surface area contributed by atoms with Gasteiger partial charge in [-0.2, -0.15) is 0 Å². The zero-order chi connectivity index (χ0) is 16.0. The molecule has 6 heteroatoms. The predicted octanol–water partition coefficient (Wildman–Crippen LogP) is 1.98. The van der Waals surface area contributed by atoms with Gasteiger partial charge in [0.05, 0.1) is 24.4 Å². The molecule has 2 amide bonds. The highest BCUT2D eigenvalue weighted by Gasteiger charge is 2.43. The molecule has 0 saturated heterocycles. The number of methoxy groups -OCH3 is 1. The second kappa shape index (κ2) is 5.30. The first kappa shape index (κ1) is 14.1. The molecule has 0 aromatic heterocycles. The van der Waals surface area contributed by atoms with E-state index in [1.807, 2.05) is 24.3 Å². The van der Waals surface area contributed by atoms with Gasteiger partial charge in [0.1, 0.15) is 12.4 Å². The summed E-state index contributed by atoms with van der Waals surface area (Å²) >= 11 is 0. The van der Waals surface area contributed by atoms with Crippen LogP contribution >= 0.6 is 0 Å². The average molecular weight is 314 g/mol. The molecule has 1 aromatic rings. The molecule has 2 heterocycles. The van der Waals surface area contributed by atoms with E-state index in [0.717, 1.165) is 24.2 Å². The van der Waals surface area contributed by atoms with Gasteiger partial charge < -0.3 is 14.8 Å². The molecule has 1 N–H and O–H groups in total. The van der Waals surface area contributed by atoms with Crippen molar-refractivity contribution in [2.75, 3.05) is 20.3 Å². The maximum absolute atomic E-state index is 12.5. The highest BCUT2D eigenvalue weighted by molar-refractivity contribution is 5.97. The van der Waals surface area contributed by atoms with Crippen molar-refractivity contribution in [2.24, 2.45) is 5.92 Å². The number of ether oxygens (including phenoxy) is 2. The fraction of sp³-hybridized carbons (Fsp3) is 0.412. The van der Waals surface area contributed by atoms with E-state index in [1.54, 1.807) is 12.0 Å². The molecule has 0 bridgehead atoms. The molecule has 1 aromatic carbocycles. The number of rotatable bonds is 4. The molecule has 120 valence electrons. The van der Waals surface area contributed by atoms with Gasteiger partial charge in [-0.25, -0.2) is 9.59 Å². The van der Waals surface area contributed by atoms with Crippen LogP contribution in [-0.4, -0.2) is 37.2 Å².